The fraction of sp³-hybridized carbons (Fsp3) is 0.118. The largest absolute Gasteiger partial charge is 0.437 e. The number of para-hydroxylation sites is 1. The number of nitrogens with one attached hydrogen (secondary N) is 1. The summed E-state index contributed by atoms with van der Waals surface area (Å²) >= 11 is 0. The Balaban J connectivity index is 1.73. The van der Waals surface area contributed by atoms with Gasteiger partial charge in [0, 0.05) is 5.56 Å². The van der Waals surface area contributed by atoms with Gasteiger partial charge in [-0.2, -0.15) is 9.78 Å². The summed E-state index contributed by atoms with van der Waals surface area (Å²) in [4.78, 5) is 11.9. The fourth-order valence-electron chi connectivity index (χ4n) is 2.03. The molecule has 1 N–H and O–H groups in total. The van der Waals surface area contributed by atoms with Crippen LogP contribution in [0.3, 0.4) is 0 Å². The van der Waals surface area contributed by atoms with Crippen LogP contribution in [0, 0.1) is 0 Å². The van der Waals surface area contributed by atoms with Crippen molar-refractivity contribution in [3.63, 3.8) is 0 Å². The van der Waals surface area contributed by atoms with Gasteiger partial charge >= 0.3 is 5.76 Å². The Morgan fingerprint density at radius 2 is 1.78 bits per heavy atom. The second-order valence-electron chi connectivity index (χ2n) is 5.02. The van der Waals surface area contributed by atoms with Crippen LogP contribution in [0.1, 0.15) is 6.92 Å². The Morgan fingerprint density at radius 1 is 1.13 bits per heavy atom. The summed E-state index contributed by atoms with van der Waals surface area (Å²) in [7, 11) is 0. The van der Waals surface area contributed by atoms with E-state index in [1.165, 1.54) is 4.68 Å². The Kier molecular flexibility index (Phi) is 4.33. The second-order valence-corrected chi connectivity index (χ2v) is 5.02. The molecule has 0 bridgehead atoms. The zero-order valence-corrected chi connectivity index (χ0v) is 12.6. The van der Waals surface area contributed by atoms with E-state index in [2.05, 4.69) is 15.6 Å². The molecule has 0 radical (unpaired) electrons. The molecule has 0 aliphatic rings. The summed E-state index contributed by atoms with van der Waals surface area (Å²) in [5.74, 6) is -0.197. The zero-order chi connectivity index (χ0) is 16.1. The maximum atomic E-state index is 11.9. The lowest BCUT2D eigenvalue weighted by Crippen LogP contribution is -2.20. The Hall–Kier alpha value is -3.15. The van der Waals surface area contributed by atoms with Crippen LogP contribution in [-0.4, -0.2) is 15.5 Å². The first kappa shape index (κ1) is 14.8. The minimum Gasteiger partial charge on any atom is -0.388 e. The van der Waals surface area contributed by atoms with Crippen LogP contribution in [0.15, 0.2) is 75.0 Å². The number of rotatable bonds is 5. The lowest BCUT2D eigenvalue weighted by molar-refractivity contribution is 0.500. The van der Waals surface area contributed by atoms with E-state index in [1.54, 1.807) is 0 Å². The first-order chi connectivity index (χ1) is 11.2. The average Bonchev–Trinajstić information content (AvgIpc) is 2.95. The third-order valence-corrected chi connectivity index (χ3v) is 3.16. The summed E-state index contributed by atoms with van der Waals surface area (Å²) in [5, 5.41) is 8.44. The molecule has 0 atom stereocenters. The maximum absolute atomic E-state index is 11.9. The Labute approximate surface area is 133 Å². The highest BCUT2D eigenvalue weighted by Crippen LogP contribution is 2.13. The third-order valence-electron chi connectivity index (χ3n) is 3.16. The van der Waals surface area contributed by atoms with Crippen LogP contribution >= 0.6 is 0 Å². The van der Waals surface area contributed by atoms with E-state index in [4.69, 9.17) is 4.42 Å². The second kappa shape index (κ2) is 6.74. The van der Waals surface area contributed by atoms with Crippen molar-refractivity contribution in [2.75, 3.05) is 5.43 Å². The predicted octanol–water partition coefficient (Wildman–Crippen LogP) is 2.99. The van der Waals surface area contributed by atoms with E-state index >= 15 is 0 Å². The topological polar surface area (TPSA) is 72.4 Å². The highest BCUT2D eigenvalue weighted by Gasteiger charge is 2.10. The van der Waals surface area contributed by atoms with Crippen molar-refractivity contribution in [2.24, 2.45) is 5.10 Å². The van der Waals surface area contributed by atoms with E-state index in [0.717, 1.165) is 11.3 Å². The van der Waals surface area contributed by atoms with Gasteiger partial charge in [0.15, 0.2) is 0 Å². The van der Waals surface area contributed by atoms with Gasteiger partial charge in [-0.3, -0.25) is 5.43 Å². The van der Waals surface area contributed by atoms with Gasteiger partial charge in [-0.15, -0.1) is 5.10 Å². The van der Waals surface area contributed by atoms with E-state index in [1.807, 2.05) is 67.6 Å². The van der Waals surface area contributed by atoms with E-state index in [9.17, 15) is 4.79 Å². The SMILES string of the molecule is C/C(Cn1nc(-c2ccccc2)oc1=O)=N/Nc1ccccc1. The minimum absolute atomic E-state index is 0.259. The molecule has 6 nitrogen and oxygen atoms in total. The molecule has 116 valence electrons. The molecule has 0 fully saturated rings. The molecule has 0 unspecified atom stereocenters. The van der Waals surface area contributed by atoms with Crippen LogP contribution in [-0.2, 0) is 6.54 Å². The van der Waals surface area contributed by atoms with E-state index in [-0.39, 0.29) is 6.54 Å². The molecule has 1 heterocycles. The lowest BCUT2D eigenvalue weighted by Gasteiger charge is -2.02. The molecular formula is C17H16N4O2. The molecule has 1 aromatic heterocycles. The minimum atomic E-state index is -0.502. The molecule has 0 aliphatic carbocycles. The standard InChI is InChI=1S/C17H16N4O2/c1-13(18-19-15-10-6-3-7-11-15)12-21-17(22)23-16(20-21)14-8-4-2-5-9-14/h2-11,19H,12H2,1H3/b18-13-. The smallest absolute Gasteiger partial charge is 0.388 e. The molecule has 3 aromatic rings. The molecule has 6 heteroatoms. The molecule has 23 heavy (non-hydrogen) atoms. The maximum Gasteiger partial charge on any atom is 0.437 e. The van der Waals surface area contributed by atoms with Crippen molar-refractivity contribution in [3.05, 3.63) is 71.2 Å². The third kappa shape index (κ3) is 3.74. The van der Waals surface area contributed by atoms with Gasteiger partial charge in [0.1, 0.15) is 0 Å². The van der Waals surface area contributed by atoms with Crippen molar-refractivity contribution in [1.82, 2.24) is 9.78 Å². The van der Waals surface area contributed by atoms with Crippen molar-refractivity contribution in [1.29, 1.82) is 0 Å². The predicted molar refractivity (Wildman–Crippen MR) is 89.4 cm³/mol. The van der Waals surface area contributed by atoms with Gasteiger partial charge in [0.05, 0.1) is 17.9 Å². The summed E-state index contributed by atoms with van der Waals surface area (Å²) in [6.07, 6.45) is 0. The van der Waals surface area contributed by atoms with Crippen LogP contribution < -0.4 is 11.2 Å². The first-order valence-electron chi connectivity index (χ1n) is 7.20. The molecule has 3 rings (SSSR count). The normalized spacial score (nSPS) is 11.4. The molecule has 0 saturated carbocycles. The lowest BCUT2D eigenvalue weighted by atomic mass is 10.2. The quantitative estimate of drug-likeness (QED) is 0.581. The average molecular weight is 308 g/mol. The fourth-order valence-corrected chi connectivity index (χ4v) is 2.03. The molecule has 0 spiro atoms. The summed E-state index contributed by atoms with van der Waals surface area (Å²) in [5.41, 5.74) is 5.29. The first-order valence-corrected chi connectivity index (χ1v) is 7.20. The monoisotopic (exact) mass is 308 g/mol. The highest BCUT2D eigenvalue weighted by molar-refractivity contribution is 5.82. The van der Waals surface area contributed by atoms with E-state index < -0.39 is 5.76 Å². The number of aromatic nitrogens is 2. The zero-order valence-electron chi connectivity index (χ0n) is 12.6. The van der Waals surface area contributed by atoms with Crippen LogP contribution in [0.25, 0.3) is 11.5 Å². The summed E-state index contributed by atoms with van der Waals surface area (Å²) < 4.78 is 6.44. The van der Waals surface area contributed by atoms with Crippen LogP contribution in [0.4, 0.5) is 5.69 Å². The molecule has 0 amide bonds. The van der Waals surface area contributed by atoms with Crippen molar-refractivity contribution >= 4 is 11.4 Å². The van der Waals surface area contributed by atoms with Crippen molar-refractivity contribution in [3.8, 4) is 11.5 Å². The van der Waals surface area contributed by atoms with E-state index in [0.29, 0.717) is 11.6 Å². The molecule has 0 saturated heterocycles. The number of nitrogens with zero attached hydrogens (tertiary/aromatic N) is 3. The summed E-state index contributed by atoms with van der Waals surface area (Å²) in [6.45, 7) is 2.08. The van der Waals surface area contributed by atoms with Crippen LogP contribution in [0.5, 0.6) is 0 Å². The van der Waals surface area contributed by atoms with Gasteiger partial charge in [-0.05, 0) is 31.2 Å². The summed E-state index contributed by atoms with van der Waals surface area (Å²) in [6, 6.07) is 18.9. The molecule has 2 aromatic carbocycles. The van der Waals surface area contributed by atoms with Gasteiger partial charge in [-0.25, -0.2) is 4.79 Å². The number of benzene rings is 2. The van der Waals surface area contributed by atoms with Crippen LogP contribution in [0.2, 0.25) is 0 Å². The number of hydrogen-bond acceptors (Lipinski definition) is 5. The van der Waals surface area contributed by atoms with Gasteiger partial charge in [0.2, 0.25) is 5.89 Å². The Morgan fingerprint density at radius 3 is 2.48 bits per heavy atom. The number of anilines is 1. The van der Waals surface area contributed by atoms with Gasteiger partial charge < -0.3 is 4.42 Å². The number of hydrogen-bond donors (Lipinski definition) is 1. The molecule has 0 aliphatic heterocycles. The number of hydrazone groups is 1. The molecular weight excluding hydrogens is 292 g/mol. The van der Waals surface area contributed by atoms with Gasteiger partial charge in [0.25, 0.3) is 0 Å². The highest BCUT2D eigenvalue weighted by atomic mass is 16.4. The Bertz CT molecular complexity index is 851. The van der Waals surface area contributed by atoms with Crippen molar-refractivity contribution in [2.45, 2.75) is 13.5 Å². The van der Waals surface area contributed by atoms with Gasteiger partial charge in [-0.1, -0.05) is 36.4 Å². The van der Waals surface area contributed by atoms with Crippen molar-refractivity contribution < 1.29 is 4.42 Å².